The van der Waals surface area contributed by atoms with Crippen LogP contribution in [0.4, 0.5) is 0 Å². The molecular weight excluding hydrogens is 238 g/mol. The molecule has 0 aliphatic rings. The monoisotopic (exact) mass is 265 g/mol. The summed E-state index contributed by atoms with van der Waals surface area (Å²) < 4.78 is 0. The van der Waals surface area contributed by atoms with Gasteiger partial charge in [-0.25, -0.2) is 0 Å². The van der Waals surface area contributed by atoms with Gasteiger partial charge < -0.3 is 5.32 Å². The molecule has 0 bridgehead atoms. The molecule has 102 valence electrons. The van der Waals surface area contributed by atoms with Gasteiger partial charge in [0.05, 0.1) is 0 Å². The Morgan fingerprint density at radius 2 is 1.72 bits per heavy atom. The van der Waals surface area contributed by atoms with Crippen molar-refractivity contribution in [2.75, 3.05) is 12.0 Å². The molecule has 0 saturated carbocycles. The van der Waals surface area contributed by atoms with Gasteiger partial charge in [0.15, 0.2) is 0 Å². The Bertz CT molecular complexity index is 320. The van der Waals surface area contributed by atoms with Gasteiger partial charge in [-0.05, 0) is 36.6 Å². The van der Waals surface area contributed by atoms with E-state index in [1.807, 2.05) is 11.8 Å². The van der Waals surface area contributed by atoms with Crippen LogP contribution >= 0.6 is 11.8 Å². The molecule has 1 rings (SSSR count). The van der Waals surface area contributed by atoms with E-state index >= 15 is 0 Å². The molecule has 0 aliphatic carbocycles. The maximum atomic E-state index is 3.79. The summed E-state index contributed by atoms with van der Waals surface area (Å²) in [6.07, 6.45) is 5.65. The molecule has 18 heavy (non-hydrogen) atoms. The van der Waals surface area contributed by atoms with Gasteiger partial charge >= 0.3 is 0 Å². The van der Waals surface area contributed by atoms with Crippen LogP contribution in [0.5, 0.6) is 0 Å². The van der Waals surface area contributed by atoms with Crippen LogP contribution in [0.2, 0.25) is 0 Å². The zero-order chi connectivity index (χ0) is 13.4. The maximum absolute atomic E-state index is 3.79. The Hall–Kier alpha value is -0.470. The second kappa shape index (κ2) is 8.60. The fourth-order valence-corrected chi connectivity index (χ4v) is 2.94. The van der Waals surface area contributed by atoms with E-state index < -0.39 is 0 Å². The number of nitrogens with one attached hydrogen (secondary N) is 1. The average molecular weight is 265 g/mol. The molecule has 0 heterocycles. The van der Waals surface area contributed by atoms with Crippen molar-refractivity contribution in [3.05, 3.63) is 35.4 Å². The molecule has 0 aliphatic heterocycles. The third kappa shape index (κ3) is 4.66. The lowest BCUT2D eigenvalue weighted by Gasteiger charge is -2.24. The van der Waals surface area contributed by atoms with Crippen LogP contribution in [0.15, 0.2) is 24.3 Å². The fraction of sp³-hybridized carbons (Fsp3) is 0.625. The minimum atomic E-state index is 0.494. The smallest absolute Gasteiger partial charge is 0.0320 e. The van der Waals surface area contributed by atoms with E-state index in [2.05, 4.69) is 56.6 Å². The zero-order valence-electron chi connectivity index (χ0n) is 12.2. The minimum absolute atomic E-state index is 0.494. The van der Waals surface area contributed by atoms with Gasteiger partial charge in [-0.1, -0.05) is 45.0 Å². The minimum Gasteiger partial charge on any atom is -0.306 e. The van der Waals surface area contributed by atoms with Crippen molar-refractivity contribution in [3.63, 3.8) is 0 Å². The molecule has 0 fully saturated rings. The third-order valence-electron chi connectivity index (χ3n) is 3.50. The van der Waals surface area contributed by atoms with Crippen molar-refractivity contribution < 1.29 is 0 Å². The number of benzene rings is 1. The molecule has 2 atom stereocenters. The van der Waals surface area contributed by atoms with Crippen LogP contribution in [-0.2, 0) is 6.42 Å². The average Bonchev–Trinajstić information content (AvgIpc) is 2.43. The number of thioether (sulfide) groups is 1. The Morgan fingerprint density at radius 3 is 2.17 bits per heavy atom. The third-order valence-corrected chi connectivity index (χ3v) is 4.23. The summed E-state index contributed by atoms with van der Waals surface area (Å²) in [6.45, 7) is 6.73. The first-order valence-corrected chi connectivity index (χ1v) is 8.48. The molecule has 1 nitrogen and oxygen atoms in total. The van der Waals surface area contributed by atoms with Crippen molar-refractivity contribution in [2.45, 2.75) is 52.1 Å². The van der Waals surface area contributed by atoms with E-state index in [-0.39, 0.29) is 0 Å². The zero-order valence-corrected chi connectivity index (χ0v) is 13.0. The van der Waals surface area contributed by atoms with Gasteiger partial charge in [0.1, 0.15) is 0 Å². The standard InChI is InChI=1S/C16H27NS/c1-5-13-8-10-14(11-9-13)16(7-3)17-15(6-2)12-18-4/h8-11,15-17H,5-7,12H2,1-4H3. The molecule has 2 heteroatoms. The SMILES string of the molecule is CCc1ccc(C(CC)NC(CC)CSC)cc1. The first-order valence-electron chi connectivity index (χ1n) is 7.08. The highest BCUT2D eigenvalue weighted by Crippen LogP contribution is 2.19. The van der Waals surface area contributed by atoms with Crippen LogP contribution in [0.25, 0.3) is 0 Å². The molecule has 0 saturated heterocycles. The molecule has 1 aromatic carbocycles. The first-order chi connectivity index (χ1) is 8.74. The van der Waals surface area contributed by atoms with E-state index in [0.29, 0.717) is 12.1 Å². The second-order valence-corrected chi connectivity index (χ2v) is 5.69. The van der Waals surface area contributed by atoms with E-state index in [4.69, 9.17) is 0 Å². The lowest BCUT2D eigenvalue weighted by Crippen LogP contribution is -2.34. The molecule has 0 radical (unpaired) electrons. The van der Waals surface area contributed by atoms with E-state index in [1.54, 1.807) is 0 Å². The molecule has 1 aromatic rings. The van der Waals surface area contributed by atoms with E-state index in [1.165, 1.54) is 23.3 Å². The van der Waals surface area contributed by atoms with Crippen LogP contribution in [0.3, 0.4) is 0 Å². The normalized spacial score (nSPS) is 14.4. The van der Waals surface area contributed by atoms with Crippen molar-refractivity contribution in [3.8, 4) is 0 Å². The van der Waals surface area contributed by atoms with Crippen molar-refractivity contribution in [1.82, 2.24) is 5.32 Å². The predicted molar refractivity (Wildman–Crippen MR) is 84.4 cm³/mol. The van der Waals surface area contributed by atoms with Crippen LogP contribution < -0.4 is 5.32 Å². The van der Waals surface area contributed by atoms with Crippen LogP contribution in [0, 0.1) is 0 Å². The maximum Gasteiger partial charge on any atom is 0.0320 e. The first kappa shape index (κ1) is 15.6. The molecule has 0 aromatic heterocycles. The van der Waals surface area contributed by atoms with Gasteiger partial charge in [-0.3, -0.25) is 0 Å². The highest BCUT2D eigenvalue weighted by Gasteiger charge is 2.13. The lowest BCUT2D eigenvalue weighted by atomic mass is 10.0. The summed E-state index contributed by atoms with van der Waals surface area (Å²) in [5.74, 6) is 1.19. The highest BCUT2D eigenvalue weighted by atomic mass is 32.2. The Morgan fingerprint density at radius 1 is 1.06 bits per heavy atom. The fourth-order valence-electron chi connectivity index (χ4n) is 2.20. The Balaban J connectivity index is 2.68. The quantitative estimate of drug-likeness (QED) is 0.746. The van der Waals surface area contributed by atoms with Gasteiger partial charge in [-0.15, -0.1) is 0 Å². The van der Waals surface area contributed by atoms with E-state index in [9.17, 15) is 0 Å². The molecule has 1 N–H and O–H groups in total. The number of hydrogen-bond acceptors (Lipinski definition) is 2. The van der Waals surface area contributed by atoms with Gasteiger partial charge in [0, 0.05) is 17.8 Å². The number of rotatable bonds is 8. The summed E-state index contributed by atoms with van der Waals surface area (Å²) >= 11 is 1.93. The van der Waals surface area contributed by atoms with Gasteiger partial charge in [0.25, 0.3) is 0 Å². The number of aryl methyl sites for hydroxylation is 1. The van der Waals surface area contributed by atoms with Crippen LogP contribution in [-0.4, -0.2) is 18.1 Å². The van der Waals surface area contributed by atoms with Crippen LogP contribution in [0.1, 0.15) is 50.8 Å². The summed E-state index contributed by atoms with van der Waals surface area (Å²) in [7, 11) is 0. The largest absolute Gasteiger partial charge is 0.306 e. The summed E-state index contributed by atoms with van der Waals surface area (Å²) in [4.78, 5) is 0. The Labute approximate surface area is 117 Å². The molecule has 2 unspecified atom stereocenters. The predicted octanol–water partition coefficient (Wildman–Crippen LogP) is 4.43. The summed E-state index contributed by atoms with van der Waals surface area (Å²) in [6, 6.07) is 10.2. The van der Waals surface area contributed by atoms with Crippen molar-refractivity contribution in [2.24, 2.45) is 0 Å². The molecular formula is C16H27NS. The lowest BCUT2D eigenvalue weighted by molar-refractivity contribution is 0.442. The van der Waals surface area contributed by atoms with E-state index in [0.717, 1.165) is 12.8 Å². The summed E-state index contributed by atoms with van der Waals surface area (Å²) in [5, 5.41) is 3.79. The number of hydrogen-bond donors (Lipinski definition) is 1. The Kier molecular flexibility index (Phi) is 7.45. The molecule has 0 amide bonds. The highest BCUT2D eigenvalue weighted by molar-refractivity contribution is 7.98. The van der Waals surface area contributed by atoms with Gasteiger partial charge in [-0.2, -0.15) is 11.8 Å². The molecule has 0 spiro atoms. The van der Waals surface area contributed by atoms with Gasteiger partial charge in [0.2, 0.25) is 0 Å². The second-order valence-electron chi connectivity index (χ2n) is 4.78. The summed E-state index contributed by atoms with van der Waals surface area (Å²) in [5.41, 5.74) is 2.85. The van der Waals surface area contributed by atoms with Crippen molar-refractivity contribution in [1.29, 1.82) is 0 Å². The van der Waals surface area contributed by atoms with Crippen molar-refractivity contribution >= 4 is 11.8 Å². The topological polar surface area (TPSA) is 12.0 Å².